The Bertz CT molecular complexity index is 757. The van der Waals surface area contributed by atoms with Gasteiger partial charge in [-0.3, -0.25) is 10.0 Å². The van der Waals surface area contributed by atoms with Crippen molar-refractivity contribution < 1.29 is 20.2 Å². The molecule has 0 saturated carbocycles. The summed E-state index contributed by atoms with van der Waals surface area (Å²) in [6.07, 6.45) is 0.413. The number of nitrogens with two attached hydrogens (primary N) is 1. The Morgan fingerprint density at radius 3 is 2.48 bits per heavy atom. The average Bonchev–Trinajstić information content (AvgIpc) is 2.63. The standard InChI is InChI=1S/C21H30N2O4/c1-21(2,26)10-9-17(20(25)23-27)13-19(24)18(22)12-14-7-8-15-5-3-4-6-16(15)11-14/h3-8,11,17-19,24,26-27H,9-10,12-13,22H2,1-2H3,(H,23,25)/t17-,18+,19+/m1/s1. The minimum absolute atomic E-state index is 0.122. The lowest BCUT2D eigenvalue weighted by molar-refractivity contribution is -0.135. The molecule has 3 atom stereocenters. The first kappa shape index (κ1) is 21.3. The van der Waals surface area contributed by atoms with Gasteiger partial charge < -0.3 is 15.9 Å². The highest BCUT2D eigenvalue weighted by Crippen LogP contribution is 2.22. The van der Waals surface area contributed by atoms with Crippen LogP contribution in [0.2, 0.25) is 0 Å². The molecule has 0 saturated heterocycles. The van der Waals surface area contributed by atoms with E-state index >= 15 is 0 Å². The van der Waals surface area contributed by atoms with Crippen molar-refractivity contribution in [2.75, 3.05) is 0 Å². The first-order valence-corrected chi connectivity index (χ1v) is 9.27. The number of aliphatic hydroxyl groups is 2. The van der Waals surface area contributed by atoms with Gasteiger partial charge in [-0.1, -0.05) is 42.5 Å². The quantitative estimate of drug-likeness (QED) is 0.341. The maximum absolute atomic E-state index is 11.9. The number of fused-ring (bicyclic) bond motifs is 1. The van der Waals surface area contributed by atoms with Crippen LogP contribution in [-0.2, 0) is 11.2 Å². The molecule has 0 aliphatic carbocycles. The summed E-state index contributed by atoms with van der Waals surface area (Å²) in [5, 5.41) is 31.5. The maximum Gasteiger partial charge on any atom is 0.246 e. The van der Waals surface area contributed by atoms with E-state index in [4.69, 9.17) is 10.9 Å². The van der Waals surface area contributed by atoms with Crippen LogP contribution in [-0.4, -0.2) is 39.1 Å². The number of carbonyl (C=O) groups excluding carboxylic acids is 1. The van der Waals surface area contributed by atoms with E-state index in [-0.39, 0.29) is 6.42 Å². The summed E-state index contributed by atoms with van der Waals surface area (Å²) in [4.78, 5) is 11.9. The second kappa shape index (κ2) is 9.28. The first-order chi connectivity index (χ1) is 12.7. The van der Waals surface area contributed by atoms with Crippen molar-refractivity contribution in [3.63, 3.8) is 0 Å². The first-order valence-electron chi connectivity index (χ1n) is 9.27. The van der Waals surface area contributed by atoms with Crippen LogP contribution in [0.15, 0.2) is 42.5 Å². The number of rotatable bonds is 9. The zero-order valence-electron chi connectivity index (χ0n) is 15.9. The summed E-state index contributed by atoms with van der Waals surface area (Å²) in [6.45, 7) is 3.31. The minimum atomic E-state index is -0.924. The number of hydroxylamine groups is 1. The van der Waals surface area contributed by atoms with Gasteiger partial charge in [0.25, 0.3) is 0 Å². The fraction of sp³-hybridized carbons (Fsp3) is 0.476. The van der Waals surface area contributed by atoms with Crippen molar-refractivity contribution in [1.82, 2.24) is 5.48 Å². The highest BCUT2D eigenvalue weighted by molar-refractivity contribution is 5.83. The molecule has 0 aromatic heterocycles. The van der Waals surface area contributed by atoms with Crippen LogP contribution < -0.4 is 11.2 Å². The van der Waals surface area contributed by atoms with Crippen LogP contribution in [0, 0.1) is 5.92 Å². The van der Waals surface area contributed by atoms with Gasteiger partial charge in [0, 0.05) is 12.0 Å². The maximum atomic E-state index is 11.9. The van der Waals surface area contributed by atoms with Crippen molar-refractivity contribution in [2.24, 2.45) is 11.7 Å². The highest BCUT2D eigenvalue weighted by Gasteiger charge is 2.27. The molecule has 2 rings (SSSR count). The number of aliphatic hydroxyl groups excluding tert-OH is 1. The normalized spacial score (nSPS) is 15.3. The SMILES string of the molecule is CC(C)(O)CC[C@H](C[C@H](O)[C@@H](N)Cc1ccc2ccccc2c1)C(=O)NO. The van der Waals surface area contributed by atoms with Crippen LogP contribution in [0.4, 0.5) is 0 Å². The predicted octanol–water partition coefficient (Wildman–Crippen LogP) is 2.13. The van der Waals surface area contributed by atoms with Crippen molar-refractivity contribution in [3.8, 4) is 0 Å². The van der Waals surface area contributed by atoms with Gasteiger partial charge in [-0.15, -0.1) is 0 Å². The molecule has 0 unspecified atom stereocenters. The van der Waals surface area contributed by atoms with E-state index in [1.807, 2.05) is 42.5 Å². The van der Waals surface area contributed by atoms with E-state index in [1.54, 1.807) is 19.3 Å². The number of carbonyl (C=O) groups is 1. The van der Waals surface area contributed by atoms with Crippen LogP contribution in [0.5, 0.6) is 0 Å². The molecule has 0 bridgehead atoms. The molecule has 0 aliphatic rings. The Morgan fingerprint density at radius 1 is 1.19 bits per heavy atom. The zero-order chi connectivity index (χ0) is 20.0. The van der Waals surface area contributed by atoms with Gasteiger partial charge in [-0.05, 0) is 55.9 Å². The molecule has 0 radical (unpaired) electrons. The summed E-state index contributed by atoms with van der Waals surface area (Å²) >= 11 is 0. The van der Waals surface area contributed by atoms with Crippen molar-refractivity contribution >= 4 is 16.7 Å². The van der Waals surface area contributed by atoms with E-state index in [9.17, 15) is 15.0 Å². The molecule has 2 aromatic rings. The van der Waals surface area contributed by atoms with Crippen LogP contribution in [0.3, 0.4) is 0 Å². The Hall–Kier alpha value is -1.99. The van der Waals surface area contributed by atoms with Gasteiger partial charge >= 0.3 is 0 Å². The van der Waals surface area contributed by atoms with Crippen molar-refractivity contribution in [1.29, 1.82) is 0 Å². The highest BCUT2D eigenvalue weighted by atomic mass is 16.5. The molecule has 0 aliphatic heterocycles. The lowest BCUT2D eigenvalue weighted by atomic mass is 9.87. The van der Waals surface area contributed by atoms with E-state index < -0.39 is 29.6 Å². The van der Waals surface area contributed by atoms with Crippen molar-refractivity contribution in [2.45, 2.75) is 57.3 Å². The largest absolute Gasteiger partial charge is 0.391 e. The molecule has 2 aromatic carbocycles. The second-order valence-corrected chi connectivity index (χ2v) is 7.88. The van der Waals surface area contributed by atoms with E-state index in [2.05, 4.69) is 0 Å². The average molecular weight is 374 g/mol. The molecule has 0 spiro atoms. The third-order valence-corrected chi connectivity index (χ3v) is 4.89. The molecular weight excluding hydrogens is 344 g/mol. The molecule has 6 heteroatoms. The Labute approximate surface area is 160 Å². The van der Waals surface area contributed by atoms with Gasteiger partial charge in [-0.25, -0.2) is 5.48 Å². The molecule has 148 valence electrons. The number of hydrogen-bond acceptors (Lipinski definition) is 5. The Kier molecular flexibility index (Phi) is 7.33. The summed E-state index contributed by atoms with van der Waals surface area (Å²) in [5.74, 6) is -1.20. The smallest absolute Gasteiger partial charge is 0.246 e. The van der Waals surface area contributed by atoms with E-state index in [0.29, 0.717) is 19.3 Å². The summed E-state index contributed by atoms with van der Waals surface area (Å²) in [5.41, 5.74) is 7.90. The Morgan fingerprint density at radius 2 is 1.85 bits per heavy atom. The van der Waals surface area contributed by atoms with Crippen LogP contribution >= 0.6 is 0 Å². The van der Waals surface area contributed by atoms with Gasteiger partial charge in [0.1, 0.15) is 0 Å². The predicted molar refractivity (Wildman–Crippen MR) is 105 cm³/mol. The zero-order valence-corrected chi connectivity index (χ0v) is 15.9. The number of nitrogens with one attached hydrogen (secondary N) is 1. The monoisotopic (exact) mass is 374 g/mol. The summed E-state index contributed by atoms with van der Waals surface area (Å²) in [7, 11) is 0. The van der Waals surface area contributed by atoms with E-state index in [1.165, 1.54) is 0 Å². The topological polar surface area (TPSA) is 116 Å². The molecular formula is C21H30N2O4. The molecule has 1 amide bonds. The van der Waals surface area contributed by atoms with Gasteiger partial charge in [0.2, 0.25) is 5.91 Å². The molecule has 0 fully saturated rings. The molecule has 6 N–H and O–H groups in total. The third-order valence-electron chi connectivity index (χ3n) is 4.89. The van der Waals surface area contributed by atoms with Crippen LogP contribution in [0.25, 0.3) is 10.8 Å². The van der Waals surface area contributed by atoms with Gasteiger partial charge in [0.05, 0.1) is 11.7 Å². The minimum Gasteiger partial charge on any atom is -0.391 e. The summed E-state index contributed by atoms with van der Waals surface area (Å²) in [6, 6.07) is 13.5. The number of hydrogen-bond donors (Lipinski definition) is 5. The molecule has 0 heterocycles. The van der Waals surface area contributed by atoms with Gasteiger partial charge in [0.15, 0.2) is 0 Å². The second-order valence-electron chi connectivity index (χ2n) is 7.88. The summed E-state index contributed by atoms with van der Waals surface area (Å²) < 4.78 is 0. The molecule has 6 nitrogen and oxygen atoms in total. The fourth-order valence-electron chi connectivity index (χ4n) is 3.21. The van der Waals surface area contributed by atoms with Crippen LogP contribution in [0.1, 0.15) is 38.7 Å². The number of benzene rings is 2. The van der Waals surface area contributed by atoms with E-state index in [0.717, 1.165) is 16.3 Å². The van der Waals surface area contributed by atoms with Gasteiger partial charge in [-0.2, -0.15) is 0 Å². The number of amides is 1. The van der Waals surface area contributed by atoms with Crippen molar-refractivity contribution in [3.05, 3.63) is 48.0 Å². The third kappa shape index (κ3) is 6.59. The molecule has 27 heavy (non-hydrogen) atoms. The lowest BCUT2D eigenvalue weighted by Gasteiger charge is -2.25. The Balaban J connectivity index is 2.00. The lowest BCUT2D eigenvalue weighted by Crippen LogP contribution is -2.41. The fourth-order valence-corrected chi connectivity index (χ4v) is 3.21.